The van der Waals surface area contributed by atoms with Gasteiger partial charge in [-0.05, 0) is 45.4 Å². The van der Waals surface area contributed by atoms with Gasteiger partial charge in [-0.25, -0.2) is 0 Å². The first-order valence-corrected chi connectivity index (χ1v) is 8.19. The third kappa shape index (κ3) is 9.13. The van der Waals surface area contributed by atoms with Gasteiger partial charge in [-0.2, -0.15) is 0 Å². The van der Waals surface area contributed by atoms with Crippen LogP contribution in [0.3, 0.4) is 0 Å². The molecule has 0 aromatic rings. The van der Waals surface area contributed by atoms with Gasteiger partial charge < -0.3 is 9.47 Å². The molecule has 0 bridgehead atoms. The van der Waals surface area contributed by atoms with E-state index in [1.807, 2.05) is 27.7 Å². The van der Waals surface area contributed by atoms with Crippen LogP contribution in [0.4, 0.5) is 0 Å². The smallest absolute Gasteiger partial charge is 0.310 e. The highest BCUT2D eigenvalue weighted by Crippen LogP contribution is 2.33. The Balaban J connectivity index is 4.65. The van der Waals surface area contributed by atoms with Crippen LogP contribution in [0.5, 0.6) is 0 Å². The third-order valence-electron chi connectivity index (χ3n) is 3.57. The normalized spacial score (nSPS) is 14.6. The Labute approximate surface area is 131 Å². The lowest BCUT2D eigenvalue weighted by atomic mass is 9.76. The summed E-state index contributed by atoms with van der Waals surface area (Å²) < 4.78 is 11.4. The highest BCUT2D eigenvalue weighted by molar-refractivity contribution is 5.73. The highest BCUT2D eigenvalue weighted by atomic mass is 16.6. The van der Waals surface area contributed by atoms with E-state index >= 15 is 0 Å². The lowest BCUT2D eigenvalue weighted by Gasteiger charge is -2.34. The topological polar surface area (TPSA) is 35.5 Å². The summed E-state index contributed by atoms with van der Waals surface area (Å²) in [7, 11) is 0. The molecule has 0 N–H and O–H groups in total. The third-order valence-corrected chi connectivity index (χ3v) is 3.57. The van der Waals surface area contributed by atoms with Crippen molar-refractivity contribution in [2.75, 3.05) is 6.61 Å². The van der Waals surface area contributed by atoms with Crippen LogP contribution in [0, 0.1) is 17.3 Å². The average molecular weight is 300 g/mol. The molecular weight excluding hydrogens is 264 g/mol. The van der Waals surface area contributed by atoms with Gasteiger partial charge in [-0.1, -0.05) is 34.6 Å². The average Bonchev–Trinajstić information content (AvgIpc) is 2.22. The molecule has 126 valence electrons. The van der Waals surface area contributed by atoms with Gasteiger partial charge in [0.1, 0.15) is 5.60 Å². The predicted octanol–water partition coefficient (Wildman–Crippen LogP) is 4.83. The molecule has 1 atom stereocenters. The zero-order valence-corrected chi connectivity index (χ0v) is 15.6. The summed E-state index contributed by atoms with van der Waals surface area (Å²) in [6.07, 6.45) is 1.79. The molecule has 0 saturated heterocycles. The number of ether oxygens (including phenoxy) is 2. The molecule has 0 aliphatic rings. The van der Waals surface area contributed by atoms with Crippen LogP contribution in [0.15, 0.2) is 0 Å². The fourth-order valence-corrected chi connectivity index (χ4v) is 2.21. The maximum atomic E-state index is 12.6. The van der Waals surface area contributed by atoms with E-state index in [9.17, 15) is 4.79 Å². The molecule has 0 aromatic carbocycles. The first-order chi connectivity index (χ1) is 9.35. The quantitative estimate of drug-likeness (QED) is 0.602. The Morgan fingerprint density at radius 2 is 1.52 bits per heavy atom. The number of hydrogen-bond acceptors (Lipinski definition) is 3. The Kier molecular flexibility index (Phi) is 7.94. The fourth-order valence-electron chi connectivity index (χ4n) is 2.21. The van der Waals surface area contributed by atoms with E-state index in [-0.39, 0.29) is 23.4 Å². The largest absolute Gasteiger partial charge is 0.459 e. The standard InChI is InChI=1S/C18H36O3/c1-13(2)12-15(17(5,6)7)16(19)21-18(8,9)10-11-20-14(3)4/h13-15H,10-12H2,1-9H3. The first-order valence-electron chi connectivity index (χ1n) is 8.19. The molecule has 0 heterocycles. The Morgan fingerprint density at radius 3 is 1.90 bits per heavy atom. The van der Waals surface area contributed by atoms with E-state index in [1.54, 1.807) is 0 Å². The van der Waals surface area contributed by atoms with Crippen LogP contribution < -0.4 is 0 Å². The molecule has 3 heteroatoms. The summed E-state index contributed by atoms with van der Waals surface area (Å²) >= 11 is 0. The number of esters is 1. The minimum atomic E-state index is -0.480. The Hall–Kier alpha value is -0.570. The van der Waals surface area contributed by atoms with Crippen molar-refractivity contribution in [1.29, 1.82) is 0 Å². The van der Waals surface area contributed by atoms with E-state index in [4.69, 9.17) is 9.47 Å². The molecule has 0 spiro atoms. The summed E-state index contributed by atoms with van der Waals surface area (Å²) in [5.41, 5.74) is -0.557. The molecule has 0 amide bonds. The molecule has 0 aliphatic carbocycles. The van der Waals surface area contributed by atoms with Crippen molar-refractivity contribution in [2.24, 2.45) is 17.3 Å². The maximum absolute atomic E-state index is 12.6. The second-order valence-electron chi connectivity index (χ2n) is 8.40. The maximum Gasteiger partial charge on any atom is 0.310 e. The molecule has 0 aliphatic heterocycles. The molecule has 0 radical (unpaired) electrons. The minimum Gasteiger partial charge on any atom is -0.459 e. The molecule has 0 rings (SSSR count). The van der Waals surface area contributed by atoms with E-state index in [1.165, 1.54) is 0 Å². The molecule has 0 fully saturated rings. The second kappa shape index (κ2) is 8.17. The fraction of sp³-hybridized carbons (Fsp3) is 0.944. The van der Waals surface area contributed by atoms with Crippen LogP contribution in [-0.2, 0) is 14.3 Å². The van der Waals surface area contributed by atoms with Crippen LogP contribution in [0.1, 0.15) is 75.2 Å². The number of hydrogen-bond donors (Lipinski definition) is 0. The van der Waals surface area contributed by atoms with Crippen LogP contribution in [0.2, 0.25) is 0 Å². The van der Waals surface area contributed by atoms with Crippen molar-refractivity contribution >= 4 is 5.97 Å². The molecule has 21 heavy (non-hydrogen) atoms. The summed E-state index contributed by atoms with van der Waals surface area (Å²) in [5.74, 6) is 0.336. The van der Waals surface area contributed by atoms with Crippen molar-refractivity contribution in [1.82, 2.24) is 0 Å². The number of carbonyl (C=O) groups excluding carboxylic acids is 1. The SMILES string of the molecule is CC(C)CC(C(=O)OC(C)(C)CCOC(C)C)C(C)(C)C. The van der Waals surface area contributed by atoms with Crippen LogP contribution >= 0.6 is 0 Å². The zero-order valence-electron chi connectivity index (χ0n) is 15.6. The number of rotatable bonds is 8. The van der Waals surface area contributed by atoms with E-state index in [2.05, 4.69) is 34.6 Å². The summed E-state index contributed by atoms with van der Waals surface area (Å²) in [6.45, 7) is 19.2. The minimum absolute atomic E-state index is 0.0669. The molecule has 0 saturated carbocycles. The van der Waals surface area contributed by atoms with Gasteiger partial charge in [0.15, 0.2) is 0 Å². The van der Waals surface area contributed by atoms with Gasteiger partial charge in [0.25, 0.3) is 0 Å². The number of carbonyl (C=O) groups is 1. The van der Waals surface area contributed by atoms with Crippen molar-refractivity contribution in [3.05, 3.63) is 0 Å². The Bertz CT molecular complexity index is 311. The molecule has 3 nitrogen and oxygen atoms in total. The lowest BCUT2D eigenvalue weighted by molar-refractivity contribution is -0.168. The summed E-state index contributed by atoms with van der Waals surface area (Å²) in [6, 6.07) is 0. The lowest BCUT2D eigenvalue weighted by Crippen LogP contribution is -2.38. The van der Waals surface area contributed by atoms with E-state index in [0.29, 0.717) is 12.5 Å². The first kappa shape index (κ1) is 20.4. The van der Waals surface area contributed by atoms with Gasteiger partial charge >= 0.3 is 5.97 Å². The predicted molar refractivity (Wildman–Crippen MR) is 88.3 cm³/mol. The van der Waals surface area contributed by atoms with Gasteiger partial charge in [0, 0.05) is 6.42 Å². The monoisotopic (exact) mass is 300 g/mol. The van der Waals surface area contributed by atoms with Crippen molar-refractivity contribution in [3.8, 4) is 0 Å². The molecule has 1 unspecified atom stereocenters. The zero-order chi connectivity index (χ0) is 16.8. The molecule has 0 aromatic heterocycles. The van der Waals surface area contributed by atoms with Gasteiger partial charge in [0.05, 0.1) is 18.6 Å². The van der Waals surface area contributed by atoms with Crippen molar-refractivity contribution in [3.63, 3.8) is 0 Å². The van der Waals surface area contributed by atoms with Gasteiger partial charge in [0.2, 0.25) is 0 Å². The molecular formula is C18H36O3. The van der Waals surface area contributed by atoms with E-state index < -0.39 is 5.60 Å². The van der Waals surface area contributed by atoms with E-state index in [0.717, 1.165) is 12.8 Å². The Morgan fingerprint density at radius 1 is 1.00 bits per heavy atom. The second-order valence-corrected chi connectivity index (χ2v) is 8.40. The summed E-state index contributed by atoms with van der Waals surface area (Å²) in [5, 5.41) is 0. The summed E-state index contributed by atoms with van der Waals surface area (Å²) in [4.78, 5) is 12.6. The van der Waals surface area contributed by atoms with Crippen LogP contribution in [-0.4, -0.2) is 24.3 Å². The van der Waals surface area contributed by atoms with Gasteiger partial charge in [-0.15, -0.1) is 0 Å². The van der Waals surface area contributed by atoms with Crippen molar-refractivity contribution < 1.29 is 14.3 Å². The highest BCUT2D eigenvalue weighted by Gasteiger charge is 2.36. The van der Waals surface area contributed by atoms with Gasteiger partial charge in [-0.3, -0.25) is 4.79 Å². The van der Waals surface area contributed by atoms with Crippen molar-refractivity contribution in [2.45, 2.75) is 86.9 Å². The van der Waals surface area contributed by atoms with Crippen LogP contribution in [0.25, 0.3) is 0 Å².